The topological polar surface area (TPSA) is 37.3 Å². The summed E-state index contributed by atoms with van der Waals surface area (Å²) in [6, 6.07) is 7.14. The molecule has 0 saturated heterocycles. The molecule has 1 aromatic rings. The predicted molar refractivity (Wildman–Crippen MR) is 64.8 cm³/mol. The molecule has 0 aliphatic rings. The van der Waals surface area contributed by atoms with Crippen molar-refractivity contribution in [3.63, 3.8) is 0 Å². The van der Waals surface area contributed by atoms with Gasteiger partial charge in [-0.15, -0.1) is 0 Å². The number of carbonyl (C=O) groups is 1. The lowest BCUT2D eigenvalue weighted by molar-refractivity contribution is 0.0697. The molecule has 0 saturated carbocycles. The van der Waals surface area contributed by atoms with Gasteiger partial charge in [-0.1, -0.05) is 34.5 Å². The fraction of sp³-hybridized carbons (Fsp3) is 0.417. The molecule has 0 bridgehead atoms. The van der Waals surface area contributed by atoms with Crippen LogP contribution < -0.4 is 0 Å². The summed E-state index contributed by atoms with van der Waals surface area (Å²) in [5.41, 5.74) is 1.58. The number of hydrogen-bond donors (Lipinski definition) is 1. The van der Waals surface area contributed by atoms with E-state index in [0.717, 1.165) is 18.2 Å². The first-order valence-corrected chi connectivity index (χ1v) is 6.24. The molecule has 0 aromatic heterocycles. The third-order valence-corrected chi connectivity index (χ3v) is 2.86. The van der Waals surface area contributed by atoms with Gasteiger partial charge in [-0.05, 0) is 37.0 Å². The molecule has 0 spiro atoms. The molecule has 0 atom stereocenters. The smallest absolute Gasteiger partial charge is 0.335 e. The highest BCUT2D eigenvalue weighted by Gasteiger charge is 2.01. The van der Waals surface area contributed by atoms with Gasteiger partial charge in [0.2, 0.25) is 0 Å². The Morgan fingerprint density at radius 1 is 1.13 bits per heavy atom. The number of rotatable bonds is 6. The number of alkyl halides is 1. The molecule has 1 aromatic carbocycles. The van der Waals surface area contributed by atoms with Crippen molar-refractivity contribution in [3.05, 3.63) is 35.4 Å². The Labute approximate surface area is 98.4 Å². The molecule has 0 radical (unpaired) electrons. The molecule has 1 N–H and O–H groups in total. The van der Waals surface area contributed by atoms with E-state index < -0.39 is 5.97 Å². The number of benzene rings is 1. The lowest BCUT2D eigenvalue weighted by atomic mass is 10.1. The SMILES string of the molecule is O=C(O)c1ccc(CCCCCBr)cc1. The number of carboxylic acid groups (broad SMARTS) is 1. The molecule has 0 heterocycles. The Bertz CT molecular complexity index is 306. The van der Waals surface area contributed by atoms with Crippen LogP contribution in [0.2, 0.25) is 0 Å². The van der Waals surface area contributed by atoms with Crippen LogP contribution in [0.15, 0.2) is 24.3 Å². The fourth-order valence-electron chi connectivity index (χ4n) is 1.41. The fourth-order valence-corrected chi connectivity index (χ4v) is 1.81. The van der Waals surface area contributed by atoms with Crippen molar-refractivity contribution < 1.29 is 9.90 Å². The maximum atomic E-state index is 10.6. The first-order chi connectivity index (χ1) is 7.24. The van der Waals surface area contributed by atoms with E-state index in [1.807, 2.05) is 12.1 Å². The molecule has 0 aliphatic carbocycles. The zero-order chi connectivity index (χ0) is 11.1. The molecule has 0 fully saturated rings. The van der Waals surface area contributed by atoms with Crippen LogP contribution in [-0.2, 0) is 6.42 Å². The summed E-state index contributed by atoms with van der Waals surface area (Å²) >= 11 is 3.40. The molecular formula is C12H15BrO2. The van der Waals surface area contributed by atoms with E-state index in [9.17, 15) is 4.79 Å². The lowest BCUT2D eigenvalue weighted by Gasteiger charge is -2.01. The third-order valence-electron chi connectivity index (χ3n) is 2.30. The molecule has 3 heteroatoms. The maximum absolute atomic E-state index is 10.6. The van der Waals surface area contributed by atoms with E-state index in [2.05, 4.69) is 15.9 Å². The summed E-state index contributed by atoms with van der Waals surface area (Å²) in [6.07, 6.45) is 4.62. The van der Waals surface area contributed by atoms with Crippen molar-refractivity contribution >= 4 is 21.9 Å². The summed E-state index contributed by atoms with van der Waals surface area (Å²) in [5.74, 6) is -0.860. The van der Waals surface area contributed by atoms with Crippen molar-refractivity contribution in [2.75, 3.05) is 5.33 Å². The Kier molecular flexibility index (Phi) is 5.40. The molecule has 15 heavy (non-hydrogen) atoms. The Hall–Kier alpha value is -0.830. The average Bonchev–Trinajstić information content (AvgIpc) is 2.25. The van der Waals surface area contributed by atoms with Crippen molar-refractivity contribution in [3.8, 4) is 0 Å². The molecule has 0 amide bonds. The Morgan fingerprint density at radius 3 is 2.33 bits per heavy atom. The van der Waals surface area contributed by atoms with E-state index in [-0.39, 0.29) is 0 Å². The van der Waals surface area contributed by atoms with Gasteiger partial charge in [0.15, 0.2) is 0 Å². The predicted octanol–water partition coefficient (Wildman–Crippen LogP) is 3.49. The third kappa shape index (κ3) is 4.47. The standard InChI is InChI=1S/C12H15BrO2/c13-9-3-1-2-4-10-5-7-11(8-6-10)12(14)15/h5-8H,1-4,9H2,(H,14,15). The van der Waals surface area contributed by atoms with Crippen LogP contribution in [0.4, 0.5) is 0 Å². The van der Waals surface area contributed by atoms with Crippen LogP contribution in [-0.4, -0.2) is 16.4 Å². The molecule has 82 valence electrons. The average molecular weight is 271 g/mol. The van der Waals surface area contributed by atoms with E-state index in [1.54, 1.807) is 12.1 Å². The van der Waals surface area contributed by atoms with Gasteiger partial charge in [0.05, 0.1) is 5.56 Å². The number of carboxylic acids is 1. The number of hydrogen-bond acceptors (Lipinski definition) is 1. The number of aromatic carboxylic acids is 1. The zero-order valence-corrected chi connectivity index (χ0v) is 10.2. The van der Waals surface area contributed by atoms with E-state index >= 15 is 0 Å². The van der Waals surface area contributed by atoms with Crippen LogP contribution in [0.5, 0.6) is 0 Å². The van der Waals surface area contributed by atoms with Crippen LogP contribution in [0.3, 0.4) is 0 Å². The first-order valence-electron chi connectivity index (χ1n) is 5.12. The molecule has 0 unspecified atom stereocenters. The summed E-state index contributed by atoms with van der Waals surface area (Å²) in [4.78, 5) is 10.6. The van der Waals surface area contributed by atoms with E-state index in [1.165, 1.54) is 18.4 Å². The van der Waals surface area contributed by atoms with Gasteiger partial charge < -0.3 is 5.11 Å². The highest BCUT2D eigenvalue weighted by molar-refractivity contribution is 9.09. The highest BCUT2D eigenvalue weighted by atomic mass is 79.9. The van der Waals surface area contributed by atoms with Crippen molar-refractivity contribution in [1.29, 1.82) is 0 Å². The number of aryl methyl sites for hydroxylation is 1. The van der Waals surface area contributed by atoms with Crippen molar-refractivity contribution in [1.82, 2.24) is 0 Å². The summed E-state index contributed by atoms with van der Waals surface area (Å²) in [5, 5.41) is 9.78. The molecule has 0 aliphatic heterocycles. The lowest BCUT2D eigenvalue weighted by Crippen LogP contribution is -1.96. The van der Waals surface area contributed by atoms with Crippen LogP contribution >= 0.6 is 15.9 Å². The van der Waals surface area contributed by atoms with Gasteiger partial charge in [-0.2, -0.15) is 0 Å². The van der Waals surface area contributed by atoms with E-state index in [0.29, 0.717) is 5.56 Å². The summed E-state index contributed by atoms with van der Waals surface area (Å²) in [6.45, 7) is 0. The number of unbranched alkanes of at least 4 members (excludes halogenated alkanes) is 2. The second-order valence-corrected chi connectivity index (χ2v) is 4.29. The van der Waals surface area contributed by atoms with Crippen LogP contribution in [0, 0.1) is 0 Å². The minimum absolute atomic E-state index is 0.360. The normalized spacial score (nSPS) is 10.2. The number of halogens is 1. The summed E-state index contributed by atoms with van der Waals surface area (Å²) in [7, 11) is 0. The highest BCUT2D eigenvalue weighted by Crippen LogP contribution is 2.09. The quantitative estimate of drug-likeness (QED) is 0.635. The summed E-state index contributed by atoms with van der Waals surface area (Å²) < 4.78 is 0. The minimum atomic E-state index is -0.860. The van der Waals surface area contributed by atoms with Gasteiger partial charge in [-0.3, -0.25) is 0 Å². The monoisotopic (exact) mass is 270 g/mol. The van der Waals surface area contributed by atoms with Gasteiger partial charge >= 0.3 is 5.97 Å². The zero-order valence-electron chi connectivity index (χ0n) is 8.58. The van der Waals surface area contributed by atoms with E-state index in [4.69, 9.17) is 5.11 Å². The largest absolute Gasteiger partial charge is 0.478 e. The van der Waals surface area contributed by atoms with Gasteiger partial charge in [-0.25, -0.2) is 4.79 Å². The maximum Gasteiger partial charge on any atom is 0.335 e. The van der Waals surface area contributed by atoms with Crippen LogP contribution in [0.1, 0.15) is 35.2 Å². The Morgan fingerprint density at radius 2 is 1.80 bits per heavy atom. The second-order valence-electron chi connectivity index (χ2n) is 3.50. The minimum Gasteiger partial charge on any atom is -0.478 e. The van der Waals surface area contributed by atoms with Crippen LogP contribution in [0.25, 0.3) is 0 Å². The van der Waals surface area contributed by atoms with Gasteiger partial charge in [0, 0.05) is 5.33 Å². The molecule has 1 rings (SSSR count). The second kappa shape index (κ2) is 6.62. The van der Waals surface area contributed by atoms with Crippen molar-refractivity contribution in [2.45, 2.75) is 25.7 Å². The molecular weight excluding hydrogens is 256 g/mol. The van der Waals surface area contributed by atoms with Gasteiger partial charge in [0.1, 0.15) is 0 Å². The first kappa shape index (κ1) is 12.2. The Balaban J connectivity index is 2.39. The van der Waals surface area contributed by atoms with Crippen molar-refractivity contribution in [2.24, 2.45) is 0 Å². The molecule has 2 nitrogen and oxygen atoms in total. The van der Waals surface area contributed by atoms with Gasteiger partial charge in [0.25, 0.3) is 0 Å².